The summed E-state index contributed by atoms with van der Waals surface area (Å²) in [6.45, 7) is 8.60. The van der Waals surface area contributed by atoms with Crippen LogP contribution in [0, 0.1) is 11.3 Å². The predicted molar refractivity (Wildman–Crippen MR) is 130 cm³/mol. The molecular formula is C26H34ClN3O3. The zero-order chi connectivity index (χ0) is 24.2. The van der Waals surface area contributed by atoms with Crippen molar-refractivity contribution in [3.63, 3.8) is 0 Å². The Morgan fingerprint density at radius 3 is 2.45 bits per heavy atom. The van der Waals surface area contributed by atoms with Gasteiger partial charge in [0.25, 0.3) is 0 Å². The van der Waals surface area contributed by atoms with E-state index in [0.29, 0.717) is 31.0 Å². The number of hydrogen-bond donors (Lipinski definition) is 2. The molecule has 2 atom stereocenters. The molecule has 2 amide bonds. The molecule has 0 radical (unpaired) electrons. The van der Waals surface area contributed by atoms with E-state index in [4.69, 9.17) is 11.6 Å². The lowest BCUT2D eigenvalue weighted by atomic mass is 9.66. The van der Waals surface area contributed by atoms with E-state index in [-0.39, 0.29) is 24.2 Å². The second-order valence-corrected chi connectivity index (χ2v) is 10.3. The Balaban J connectivity index is 1.67. The topological polar surface area (TPSA) is 82.5 Å². The summed E-state index contributed by atoms with van der Waals surface area (Å²) in [5.41, 5.74) is -0.0149. The first kappa shape index (κ1) is 25.2. The SMILES string of the molecule is CC(C)[C@@H](NC(=O)CCc1ccccn1)C(=O)N1CC[C@](O)(c2ccc(Cl)cc2)C(C)(C)C1. The number of hydrogen-bond acceptors (Lipinski definition) is 4. The molecule has 3 rings (SSSR count). The van der Waals surface area contributed by atoms with Gasteiger partial charge in [0.1, 0.15) is 6.04 Å². The highest BCUT2D eigenvalue weighted by Crippen LogP contribution is 2.46. The fraction of sp³-hybridized carbons (Fsp3) is 0.500. The first-order valence-corrected chi connectivity index (χ1v) is 11.9. The Morgan fingerprint density at radius 1 is 1.18 bits per heavy atom. The number of nitrogens with zero attached hydrogens (tertiary/aromatic N) is 2. The number of benzene rings is 1. The minimum atomic E-state index is -1.08. The van der Waals surface area contributed by atoms with Gasteiger partial charge in [-0.05, 0) is 48.6 Å². The van der Waals surface area contributed by atoms with Gasteiger partial charge in [-0.3, -0.25) is 14.6 Å². The van der Waals surface area contributed by atoms with Crippen LogP contribution in [0.15, 0.2) is 48.7 Å². The summed E-state index contributed by atoms with van der Waals surface area (Å²) < 4.78 is 0. The minimum absolute atomic E-state index is 0.0588. The maximum Gasteiger partial charge on any atom is 0.245 e. The summed E-state index contributed by atoms with van der Waals surface area (Å²) in [7, 11) is 0. The molecular weight excluding hydrogens is 438 g/mol. The molecule has 1 aromatic heterocycles. The predicted octanol–water partition coefficient (Wildman–Crippen LogP) is 3.95. The average Bonchev–Trinajstić information content (AvgIpc) is 2.78. The summed E-state index contributed by atoms with van der Waals surface area (Å²) >= 11 is 6.02. The molecule has 33 heavy (non-hydrogen) atoms. The second-order valence-electron chi connectivity index (χ2n) is 9.87. The third-order valence-corrected chi connectivity index (χ3v) is 6.92. The van der Waals surface area contributed by atoms with Crippen molar-refractivity contribution < 1.29 is 14.7 Å². The summed E-state index contributed by atoms with van der Waals surface area (Å²) in [6.07, 6.45) is 2.91. The number of pyridine rings is 1. The number of amides is 2. The largest absolute Gasteiger partial charge is 0.384 e. The highest BCUT2D eigenvalue weighted by molar-refractivity contribution is 6.30. The van der Waals surface area contributed by atoms with Gasteiger partial charge in [0.2, 0.25) is 11.8 Å². The van der Waals surface area contributed by atoms with E-state index in [1.54, 1.807) is 23.2 Å². The first-order chi connectivity index (χ1) is 15.5. The van der Waals surface area contributed by atoms with Crippen LogP contribution in [0.2, 0.25) is 5.02 Å². The molecule has 178 valence electrons. The highest BCUT2D eigenvalue weighted by Gasteiger charge is 2.50. The summed E-state index contributed by atoms with van der Waals surface area (Å²) in [4.78, 5) is 32.0. The number of halogens is 1. The molecule has 1 aromatic carbocycles. The van der Waals surface area contributed by atoms with Crippen LogP contribution in [0.5, 0.6) is 0 Å². The monoisotopic (exact) mass is 471 g/mol. The van der Waals surface area contributed by atoms with Crippen molar-refractivity contribution in [2.24, 2.45) is 11.3 Å². The van der Waals surface area contributed by atoms with Gasteiger partial charge < -0.3 is 15.3 Å². The van der Waals surface area contributed by atoms with Crippen molar-refractivity contribution in [2.45, 2.75) is 58.6 Å². The molecule has 0 spiro atoms. The molecule has 1 fully saturated rings. The molecule has 1 aliphatic rings. The van der Waals surface area contributed by atoms with Crippen LogP contribution in [-0.4, -0.2) is 45.9 Å². The first-order valence-electron chi connectivity index (χ1n) is 11.5. The quantitative estimate of drug-likeness (QED) is 0.640. The van der Waals surface area contributed by atoms with Gasteiger partial charge in [-0.1, -0.05) is 57.5 Å². The summed E-state index contributed by atoms with van der Waals surface area (Å²) in [5, 5.41) is 15.1. The van der Waals surface area contributed by atoms with E-state index in [0.717, 1.165) is 11.3 Å². The number of carbonyl (C=O) groups excluding carboxylic acids is 2. The Labute approximate surface area is 201 Å². The van der Waals surface area contributed by atoms with E-state index in [1.165, 1.54) is 0 Å². The molecule has 1 aliphatic heterocycles. The zero-order valence-corrected chi connectivity index (χ0v) is 20.6. The number of nitrogens with one attached hydrogen (secondary N) is 1. The van der Waals surface area contributed by atoms with Crippen LogP contribution in [0.25, 0.3) is 0 Å². The van der Waals surface area contributed by atoms with Crippen LogP contribution in [0.3, 0.4) is 0 Å². The van der Waals surface area contributed by atoms with E-state index in [9.17, 15) is 14.7 Å². The molecule has 0 aliphatic carbocycles. The van der Waals surface area contributed by atoms with E-state index in [2.05, 4.69) is 10.3 Å². The van der Waals surface area contributed by atoms with Crippen molar-refractivity contribution in [1.82, 2.24) is 15.2 Å². The second kappa shape index (κ2) is 10.2. The lowest BCUT2D eigenvalue weighted by Gasteiger charge is -2.51. The molecule has 0 bridgehead atoms. The number of rotatable bonds is 7. The van der Waals surface area contributed by atoms with E-state index >= 15 is 0 Å². The van der Waals surface area contributed by atoms with Gasteiger partial charge in [0, 0.05) is 41.8 Å². The highest BCUT2D eigenvalue weighted by atomic mass is 35.5. The van der Waals surface area contributed by atoms with Crippen LogP contribution < -0.4 is 5.32 Å². The molecule has 0 unspecified atom stereocenters. The Bertz CT molecular complexity index is 963. The fourth-order valence-corrected chi connectivity index (χ4v) is 4.64. The lowest BCUT2D eigenvalue weighted by Crippen LogP contribution is -2.60. The number of likely N-dealkylation sites (tertiary alicyclic amines) is 1. The van der Waals surface area contributed by atoms with Crippen LogP contribution in [0.1, 0.15) is 51.8 Å². The van der Waals surface area contributed by atoms with Gasteiger partial charge in [0.15, 0.2) is 0 Å². The zero-order valence-electron chi connectivity index (χ0n) is 19.8. The maximum atomic E-state index is 13.4. The van der Waals surface area contributed by atoms with Gasteiger partial charge in [-0.2, -0.15) is 0 Å². The van der Waals surface area contributed by atoms with Gasteiger partial charge in [-0.15, -0.1) is 0 Å². The fourth-order valence-electron chi connectivity index (χ4n) is 4.51. The molecule has 2 heterocycles. The van der Waals surface area contributed by atoms with Crippen molar-refractivity contribution in [2.75, 3.05) is 13.1 Å². The van der Waals surface area contributed by atoms with E-state index < -0.39 is 17.1 Å². The maximum absolute atomic E-state index is 13.4. The van der Waals surface area contributed by atoms with Gasteiger partial charge in [0.05, 0.1) is 5.60 Å². The number of carbonyl (C=O) groups is 2. The molecule has 2 N–H and O–H groups in total. The third kappa shape index (κ3) is 5.74. The molecule has 2 aromatic rings. The Hall–Kier alpha value is -2.44. The Kier molecular flexibility index (Phi) is 7.80. The van der Waals surface area contributed by atoms with Gasteiger partial charge >= 0.3 is 0 Å². The lowest BCUT2D eigenvalue weighted by molar-refractivity contribution is -0.156. The van der Waals surface area contributed by atoms with Crippen molar-refractivity contribution in [3.8, 4) is 0 Å². The number of piperidine rings is 1. The smallest absolute Gasteiger partial charge is 0.245 e. The van der Waals surface area contributed by atoms with E-state index in [1.807, 2.05) is 58.0 Å². The standard InChI is InChI=1S/C26H34ClN3O3/c1-18(2)23(29-22(31)13-12-21-7-5-6-15-28-21)24(32)30-16-14-26(33,25(3,4)17-30)19-8-10-20(27)11-9-19/h5-11,15,18,23,33H,12-14,16-17H2,1-4H3,(H,29,31)/t23-,26+/m1/s1. The third-order valence-electron chi connectivity index (χ3n) is 6.67. The summed E-state index contributed by atoms with van der Waals surface area (Å²) in [6, 6.07) is 12.3. The van der Waals surface area contributed by atoms with Gasteiger partial charge in [-0.25, -0.2) is 0 Å². The van der Waals surface area contributed by atoms with Crippen molar-refractivity contribution in [3.05, 3.63) is 64.9 Å². The molecule has 7 heteroatoms. The van der Waals surface area contributed by atoms with Crippen LogP contribution in [-0.2, 0) is 21.6 Å². The van der Waals surface area contributed by atoms with Crippen LogP contribution in [0.4, 0.5) is 0 Å². The van der Waals surface area contributed by atoms with Crippen molar-refractivity contribution in [1.29, 1.82) is 0 Å². The molecule has 6 nitrogen and oxygen atoms in total. The summed E-state index contributed by atoms with van der Waals surface area (Å²) in [5.74, 6) is -0.333. The number of aryl methyl sites for hydroxylation is 1. The number of aromatic nitrogens is 1. The molecule has 0 saturated carbocycles. The van der Waals surface area contributed by atoms with Crippen molar-refractivity contribution >= 4 is 23.4 Å². The number of aliphatic hydroxyl groups is 1. The average molecular weight is 472 g/mol. The normalized spacial score (nSPS) is 21.0. The molecule has 1 saturated heterocycles. The Morgan fingerprint density at radius 2 is 1.88 bits per heavy atom. The minimum Gasteiger partial charge on any atom is -0.384 e. The van der Waals surface area contributed by atoms with Crippen LogP contribution >= 0.6 is 11.6 Å².